The maximum absolute atomic E-state index is 12.5. The molecule has 6 heteroatoms. The van der Waals surface area contributed by atoms with Crippen molar-refractivity contribution in [1.29, 1.82) is 0 Å². The van der Waals surface area contributed by atoms with Gasteiger partial charge in [-0.1, -0.05) is 6.07 Å². The molecule has 2 rings (SSSR count). The maximum Gasteiger partial charge on any atom is 0.416 e. The van der Waals surface area contributed by atoms with Gasteiger partial charge in [-0.05, 0) is 18.2 Å². The molecule has 2 aromatic rings. The molecule has 0 spiro atoms. The van der Waals surface area contributed by atoms with Gasteiger partial charge in [0, 0.05) is 11.9 Å². The van der Waals surface area contributed by atoms with Crippen LogP contribution in [0.25, 0.3) is 5.69 Å². The van der Waals surface area contributed by atoms with E-state index in [1.807, 2.05) is 0 Å². The van der Waals surface area contributed by atoms with Crippen molar-refractivity contribution in [2.45, 2.75) is 12.8 Å². The van der Waals surface area contributed by atoms with Crippen LogP contribution < -0.4 is 0 Å². The topological polar surface area (TPSA) is 38.0 Å². The summed E-state index contributed by atoms with van der Waals surface area (Å²) in [5, 5.41) is 8.83. The highest BCUT2D eigenvalue weighted by atomic mass is 19.4. The van der Waals surface area contributed by atoms with E-state index in [0.29, 0.717) is 11.4 Å². The molecule has 1 aromatic carbocycles. The van der Waals surface area contributed by atoms with Crippen molar-refractivity contribution in [3.63, 3.8) is 0 Å². The lowest BCUT2D eigenvalue weighted by molar-refractivity contribution is -0.137. The highest BCUT2D eigenvalue weighted by Gasteiger charge is 2.30. The van der Waals surface area contributed by atoms with Crippen LogP contribution in [0.4, 0.5) is 13.2 Å². The van der Waals surface area contributed by atoms with Gasteiger partial charge in [0.15, 0.2) is 0 Å². The number of hydrogen-bond acceptors (Lipinski definition) is 2. The van der Waals surface area contributed by atoms with Crippen molar-refractivity contribution in [3.8, 4) is 5.69 Å². The maximum atomic E-state index is 12.5. The van der Waals surface area contributed by atoms with Crippen LogP contribution in [-0.2, 0) is 12.8 Å². The van der Waals surface area contributed by atoms with Crippen LogP contribution in [0.15, 0.2) is 36.8 Å². The van der Waals surface area contributed by atoms with Gasteiger partial charge in [-0.15, -0.1) is 0 Å². The standard InChI is InChI=1S/C11H9F3N2O/c12-11(13,14)8-2-1-3-10(4-8)16-5-9(6-17)15-7-16/h1-5,7,17H,6H2. The van der Waals surface area contributed by atoms with Crippen LogP contribution in [0.2, 0.25) is 0 Å². The largest absolute Gasteiger partial charge is 0.416 e. The quantitative estimate of drug-likeness (QED) is 0.878. The van der Waals surface area contributed by atoms with E-state index < -0.39 is 11.7 Å². The molecule has 3 nitrogen and oxygen atoms in total. The van der Waals surface area contributed by atoms with Gasteiger partial charge in [-0.2, -0.15) is 13.2 Å². The molecule has 0 aliphatic rings. The molecule has 0 fully saturated rings. The molecule has 1 aromatic heterocycles. The van der Waals surface area contributed by atoms with Crippen molar-refractivity contribution in [1.82, 2.24) is 9.55 Å². The number of hydrogen-bond donors (Lipinski definition) is 1. The summed E-state index contributed by atoms with van der Waals surface area (Å²) < 4.78 is 38.9. The van der Waals surface area contributed by atoms with Crippen molar-refractivity contribution in [2.75, 3.05) is 0 Å². The molecule has 0 atom stereocenters. The Morgan fingerprint density at radius 2 is 2.06 bits per heavy atom. The Morgan fingerprint density at radius 3 is 2.65 bits per heavy atom. The predicted octanol–water partition coefficient (Wildman–Crippen LogP) is 2.38. The van der Waals surface area contributed by atoms with Crippen LogP contribution >= 0.6 is 0 Å². The molecule has 1 N–H and O–H groups in total. The Morgan fingerprint density at radius 1 is 1.29 bits per heavy atom. The molecule has 0 saturated carbocycles. The summed E-state index contributed by atoms with van der Waals surface area (Å²) in [6, 6.07) is 4.91. The van der Waals surface area contributed by atoms with Crippen molar-refractivity contribution in [3.05, 3.63) is 48.0 Å². The van der Waals surface area contributed by atoms with Gasteiger partial charge in [0.1, 0.15) is 0 Å². The fourth-order valence-corrected chi connectivity index (χ4v) is 1.43. The molecule has 17 heavy (non-hydrogen) atoms. The third-order valence-corrected chi connectivity index (χ3v) is 2.27. The Bertz CT molecular complexity index is 519. The molecule has 90 valence electrons. The van der Waals surface area contributed by atoms with Crippen LogP contribution in [0, 0.1) is 0 Å². The smallest absolute Gasteiger partial charge is 0.390 e. The molecule has 0 saturated heterocycles. The minimum atomic E-state index is -4.36. The minimum Gasteiger partial charge on any atom is -0.390 e. The van der Waals surface area contributed by atoms with E-state index in [0.717, 1.165) is 12.1 Å². The zero-order valence-electron chi connectivity index (χ0n) is 8.65. The third kappa shape index (κ3) is 2.47. The number of rotatable bonds is 2. The first-order chi connectivity index (χ1) is 8.00. The van der Waals surface area contributed by atoms with Crippen LogP contribution in [0.3, 0.4) is 0 Å². The molecule has 0 unspecified atom stereocenters. The van der Waals surface area contributed by atoms with E-state index in [9.17, 15) is 13.2 Å². The summed E-state index contributed by atoms with van der Waals surface area (Å²) >= 11 is 0. The highest BCUT2D eigenvalue weighted by Crippen LogP contribution is 2.30. The van der Waals surface area contributed by atoms with E-state index in [1.54, 1.807) is 0 Å². The van der Waals surface area contributed by atoms with Crippen molar-refractivity contribution < 1.29 is 18.3 Å². The average Bonchev–Trinajstić information content (AvgIpc) is 2.76. The van der Waals surface area contributed by atoms with Gasteiger partial charge < -0.3 is 9.67 Å². The zero-order valence-corrected chi connectivity index (χ0v) is 8.65. The van der Waals surface area contributed by atoms with Gasteiger partial charge in [-0.3, -0.25) is 0 Å². The summed E-state index contributed by atoms with van der Waals surface area (Å²) in [5.74, 6) is 0. The lowest BCUT2D eigenvalue weighted by atomic mass is 10.2. The summed E-state index contributed by atoms with van der Waals surface area (Å²) in [7, 11) is 0. The minimum absolute atomic E-state index is 0.244. The van der Waals surface area contributed by atoms with E-state index in [-0.39, 0.29) is 6.61 Å². The number of benzene rings is 1. The summed E-state index contributed by atoms with van der Waals surface area (Å²) in [4.78, 5) is 3.83. The van der Waals surface area contributed by atoms with Gasteiger partial charge in [0.2, 0.25) is 0 Å². The average molecular weight is 242 g/mol. The number of alkyl halides is 3. The number of imidazole rings is 1. The number of aliphatic hydroxyl groups is 1. The van der Waals surface area contributed by atoms with Gasteiger partial charge in [0.25, 0.3) is 0 Å². The molecule has 0 aliphatic heterocycles. The lowest BCUT2D eigenvalue weighted by Crippen LogP contribution is -2.05. The molecule has 0 bridgehead atoms. The first kappa shape index (κ1) is 11.7. The second-order valence-electron chi connectivity index (χ2n) is 3.48. The zero-order chi connectivity index (χ0) is 12.5. The number of nitrogens with zero attached hydrogens (tertiary/aromatic N) is 2. The summed E-state index contributed by atoms with van der Waals surface area (Å²) in [6.07, 6.45) is -1.52. The first-order valence-electron chi connectivity index (χ1n) is 4.82. The second-order valence-corrected chi connectivity index (χ2v) is 3.48. The normalized spacial score (nSPS) is 11.8. The summed E-state index contributed by atoms with van der Waals surface area (Å²) in [5.41, 5.74) is 0.0451. The molecule has 1 heterocycles. The van der Waals surface area contributed by atoms with Crippen LogP contribution in [0.1, 0.15) is 11.3 Å². The molecular weight excluding hydrogens is 233 g/mol. The van der Waals surface area contributed by atoms with E-state index in [2.05, 4.69) is 4.98 Å². The Labute approximate surface area is 95.1 Å². The first-order valence-corrected chi connectivity index (χ1v) is 4.82. The number of aromatic nitrogens is 2. The van der Waals surface area contributed by atoms with Crippen molar-refractivity contribution >= 4 is 0 Å². The monoisotopic (exact) mass is 242 g/mol. The highest BCUT2D eigenvalue weighted by molar-refractivity contribution is 5.37. The van der Waals surface area contributed by atoms with Crippen LogP contribution in [-0.4, -0.2) is 14.7 Å². The van der Waals surface area contributed by atoms with Gasteiger partial charge in [0.05, 0.1) is 24.2 Å². The van der Waals surface area contributed by atoms with Gasteiger partial charge in [-0.25, -0.2) is 4.98 Å². The molecule has 0 aliphatic carbocycles. The van der Waals surface area contributed by atoms with E-state index >= 15 is 0 Å². The van der Waals surface area contributed by atoms with Crippen LogP contribution in [0.5, 0.6) is 0 Å². The Balaban J connectivity index is 2.39. The van der Waals surface area contributed by atoms with E-state index in [1.165, 1.54) is 29.2 Å². The lowest BCUT2D eigenvalue weighted by Gasteiger charge is -2.08. The van der Waals surface area contributed by atoms with E-state index in [4.69, 9.17) is 5.11 Å². The fraction of sp³-hybridized carbons (Fsp3) is 0.182. The third-order valence-electron chi connectivity index (χ3n) is 2.27. The fourth-order valence-electron chi connectivity index (χ4n) is 1.43. The second kappa shape index (κ2) is 4.21. The molecule has 0 amide bonds. The summed E-state index contributed by atoms with van der Waals surface area (Å²) in [6.45, 7) is -0.244. The number of halogens is 3. The van der Waals surface area contributed by atoms with Gasteiger partial charge >= 0.3 is 6.18 Å². The Kier molecular flexibility index (Phi) is 2.89. The molecule has 0 radical (unpaired) electrons. The van der Waals surface area contributed by atoms with Crippen molar-refractivity contribution in [2.24, 2.45) is 0 Å². The SMILES string of the molecule is OCc1cn(-c2cccc(C(F)(F)F)c2)cn1. The predicted molar refractivity (Wildman–Crippen MR) is 54.5 cm³/mol. The Hall–Kier alpha value is -1.82. The molecular formula is C11H9F3N2O. The number of aliphatic hydroxyl groups excluding tert-OH is 1.